The molecule has 0 radical (unpaired) electrons. The quantitative estimate of drug-likeness (QED) is 0.595. The van der Waals surface area contributed by atoms with E-state index >= 15 is 0 Å². The van der Waals surface area contributed by atoms with Crippen molar-refractivity contribution in [2.75, 3.05) is 35.6 Å². The van der Waals surface area contributed by atoms with Crippen molar-refractivity contribution < 1.29 is 4.79 Å². The van der Waals surface area contributed by atoms with Gasteiger partial charge in [0.1, 0.15) is 11.6 Å². The van der Waals surface area contributed by atoms with Gasteiger partial charge >= 0.3 is 0 Å². The Morgan fingerprint density at radius 3 is 2.86 bits per heavy atom. The summed E-state index contributed by atoms with van der Waals surface area (Å²) in [4.78, 5) is 31.2. The maximum atomic E-state index is 12.0. The monoisotopic (exact) mass is 412 g/mol. The minimum absolute atomic E-state index is 0.0373. The van der Waals surface area contributed by atoms with Crippen molar-refractivity contribution in [2.24, 2.45) is 0 Å². The molecule has 2 aromatic heterocycles. The SMILES string of the molecule is Cc1nc(N)nc(N[C@@H](C)c2cc3cccc(Cl)c3nc2N2CCNC(=O)C2)n1. The van der Waals surface area contributed by atoms with E-state index in [0.29, 0.717) is 41.2 Å². The number of anilines is 3. The number of nitrogens with two attached hydrogens (primary N) is 1. The first-order valence-corrected chi connectivity index (χ1v) is 9.64. The van der Waals surface area contributed by atoms with E-state index in [1.165, 1.54) is 0 Å². The van der Waals surface area contributed by atoms with Crippen LogP contribution >= 0.6 is 11.6 Å². The van der Waals surface area contributed by atoms with Gasteiger partial charge in [-0.1, -0.05) is 23.7 Å². The molecule has 150 valence electrons. The van der Waals surface area contributed by atoms with Crippen molar-refractivity contribution in [3.05, 3.63) is 40.7 Å². The van der Waals surface area contributed by atoms with E-state index in [-0.39, 0.29) is 24.4 Å². The molecule has 4 N–H and O–H groups in total. The fourth-order valence-corrected chi connectivity index (χ4v) is 3.62. The van der Waals surface area contributed by atoms with Gasteiger partial charge in [0.15, 0.2) is 0 Å². The van der Waals surface area contributed by atoms with Crippen molar-refractivity contribution in [3.8, 4) is 0 Å². The molecule has 1 aliphatic heterocycles. The van der Waals surface area contributed by atoms with Crippen LogP contribution in [0.15, 0.2) is 24.3 Å². The predicted molar refractivity (Wildman–Crippen MR) is 113 cm³/mol. The number of pyridine rings is 1. The lowest BCUT2D eigenvalue weighted by molar-refractivity contribution is -0.120. The zero-order valence-electron chi connectivity index (χ0n) is 16.1. The highest BCUT2D eigenvalue weighted by molar-refractivity contribution is 6.35. The molecular weight excluding hydrogens is 392 g/mol. The molecule has 4 rings (SSSR count). The van der Waals surface area contributed by atoms with Crippen LogP contribution in [-0.4, -0.2) is 45.5 Å². The van der Waals surface area contributed by atoms with Crippen LogP contribution in [0.25, 0.3) is 10.9 Å². The van der Waals surface area contributed by atoms with E-state index in [1.54, 1.807) is 13.0 Å². The van der Waals surface area contributed by atoms with Crippen LogP contribution in [0.3, 0.4) is 0 Å². The van der Waals surface area contributed by atoms with Gasteiger partial charge in [-0.15, -0.1) is 0 Å². The first-order chi connectivity index (χ1) is 13.9. The van der Waals surface area contributed by atoms with Gasteiger partial charge in [0.05, 0.1) is 23.1 Å². The molecule has 10 heteroatoms. The summed E-state index contributed by atoms with van der Waals surface area (Å²) in [7, 11) is 0. The number of benzene rings is 1. The number of hydrogen-bond donors (Lipinski definition) is 3. The Labute approximate surface area is 172 Å². The predicted octanol–water partition coefficient (Wildman–Crippen LogP) is 2.07. The van der Waals surface area contributed by atoms with Crippen LogP contribution in [-0.2, 0) is 4.79 Å². The van der Waals surface area contributed by atoms with Gasteiger partial charge in [-0.3, -0.25) is 4.79 Å². The number of hydrogen-bond acceptors (Lipinski definition) is 8. The minimum atomic E-state index is -0.202. The molecule has 1 atom stereocenters. The number of rotatable bonds is 4. The van der Waals surface area contributed by atoms with Gasteiger partial charge in [-0.2, -0.15) is 15.0 Å². The van der Waals surface area contributed by atoms with Gasteiger partial charge in [0.25, 0.3) is 0 Å². The highest BCUT2D eigenvalue weighted by atomic mass is 35.5. The molecule has 0 aliphatic carbocycles. The number of fused-ring (bicyclic) bond motifs is 1. The van der Waals surface area contributed by atoms with E-state index in [1.807, 2.05) is 30.0 Å². The lowest BCUT2D eigenvalue weighted by Gasteiger charge is -2.31. The third-order valence-electron chi connectivity index (χ3n) is 4.72. The number of aromatic nitrogens is 4. The summed E-state index contributed by atoms with van der Waals surface area (Å²) in [6, 6.07) is 7.49. The van der Waals surface area contributed by atoms with Gasteiger partial charge in [-0.05, 0) is 26.0 Å². The number of amides is 1. The van der Waals surface area contributed by atoms with E-state index in [0.717, 1.165) is 10.9 Å². The van der Waals surface area contributed by atoms with Crippen molar-refractivity contribution >= 4 is 46.1 Å². The molecule has 1 amide bonds. The minimum Gasteiger partial charge on any atom is -0.368 e. The smallest absolute Gasteiger partial charge is 0.239 e. The van der Waals surface area contributed by atoms with Crippen LogP contribution in [0, 0.1) is 6.92 Å². The molecule has 0 bridgehead atoms. The lowest BCUT2D eigenvalue weighted by atomic mass is 10.0. The second-order valence-corrected chi connectivity index (χ2v) is 7.32. The Bertz CT molecular complexity index is 1070. The second-order valence-electron chi connectivity index (χ2n) is 6.91. The Balaban J connectivity index is 1.78. The number of carbonyl (C=O) groups is 1. The molecule has 9 nitrogen and oxygen atoms in total. The normalized spacial score (nSPS) is 15.3. The van der Waals surface area contributed by atoms with Crippen molar-refractivity contribution in [3.63, 3.8) is 0 Å². The maximum absolute atomic E-state index is 12.0. The molecule has 1 aromatic carbocycles. The number of carbonyl (C=O) groups excluding carboxylic acids is 1. The Kier molecular flexibility index (Phi) is 5.06. The Hall–Kier alpha value is -3.20. The van der Waals surface area contributed by atoms with Gasteiger partial charge in [0.2, 0.25) is 17.8 Å². The first-order valence-electron chi connectivity index (χ1n) is 9.26. The largest absolute Gasteiger partial charge is 0.368 e. The second kappa shape index (κ2) is 7.67. The average Bonchev–Trinajstić information content (AvgIpc) is 2.66. The molecular formula is C19H21ClN8O. The number of nitrogens with one attached hydrogen (secondary N) is 2. The third kappa shape index (κ3) is 4.00. The molecule has 0 unspecified atom stereocenters. The summed E-state index contributed by atoms with van der Waals surface area (Å²) >= 11 is 6.38. The average molecular weight is 413 g/mol. The summed E-state index contributed by atoms with van der Waals surface area (Å²) < 4.78 is 0. The van der Waals surface area contributed by atoms with Crippen LogP contribution in [0.4, 0.5) is 17.7 Å². The van der Waals surface area contributed by atoms with E-state index in [2.05, 4.69) is 25.6 Å². The van der Waals surface area contributed by atoms with Crippen molar-refractivity contribution in [2.45, 2.75) is 19.9 Å². The maximum Gasteiger partial charge on any atom is 0.239 e. The molecule has 0 spiro atoms. The van der Waals surface area contributed by atoms with Crippen LogP contribution in [0.5, 0.6) is 0 Å². The number of nitrogen functional groups attached to an aromatic ring is 1. The van der Waals surface area contributed by atoms with Crippen molar-refractivity contribution in [1.82, 2.24) is 25.3 Å². The standard InChI is InChI=1S/C19H21ClN8O/c1-10(23-19-25-11(2)24-18(21)27-19)13-8-12-4-3-5-14(20)16(12)26-17(13)28-7-6-22-15(29)9-28/h3-5,8,10H,6-7,9H2,1-2H3,(H,22,29)(H3,21,23,24,25,27)/t10-/m0/s1. The molecule has 3 aromatic rings. The molecule has 0 saturated carbocycles. The molecule has 1 aliphatic rings. The van der Waals surface area contributed by atoms with Crippen LogP contribution in [0.1, 0.15) is 24.4 Å². The fraction of sp³-hybridized carbons (Fsp3) is 0.316. The molecule has 3 heterocycles. The first kappa shape index (κ1) is 19.1. The van der Waals surface area contributed by atoms with Crippen molar-refractivity contribution in [1.29, 1.82) is 0 Å². The number of piperazine rings is 1. The van der Waals surface area contributed by atoms with E-state index in [9.17, 15) is 4.79 Å². The summed E-state index contributed by atoms with van der Waals surface area (Å²) in [5, 5.41) is 7.59. The zero-order chi connectivity index (χ0) is 20.5. The fourth-order valence-electron chi connectivity index (χ4n) is 3.40. The summed E-state index contributed by atoms with van der Waals surface area (Å²) in [5.41, 5.74) is 7.35. The topological polar surface area (TPSA) is 122 Å². The third-order valence-corrected chi connectivity index (χ3v) is 5.02. The number of nitrogens with zero attached hydrogens (tertiary/aromatic N) is 5. The molecule has 29 heavy (non-hydrogen) atoms. The lowest BCUT2D eigenvalue weighted by Crippen LogP contribution is -2.48. The number of aryl methyl sites for hydroxylation is 1. The molecule has 1 saturated heterocycles. The highest BCUT2D eigenvalue weighted by Gasteiger charge is 2.24. The van der Waals surface area contributed by atoms with Crippen LogP contribution < -0.4 is 21.3 Å². The summed E-state index contributed by atoms with van der Waals surface area (Å²) in [6.07, 6.45) is 0. The Morgan fingerprint density at radius 2 is 2.10 bits per heavy atom. The summed E-state index contributed by atoms with van der Waals surface area (Å²) in [5.74, 6) is 1.74. The van der Waals surface area contributed by atoms with E-state index < -0.39 is 0 Å². The Morgan fingerprint density at radius 1 is 1.28 bits per heavy atom. The summed E-state index contributed by atoms with van der Waals surface area (Å²) in [6.45, 7) is 5.19. The number of para-hydroxylation sites is 1. The van der Waals surface area contributed by atoms with Gasteiger partial charge in [0, 0.05) is 24.0 Å². The van der Waals surface area contributed by atoms with Gasteiger partial charge < -0.3 is 21.3 Å². The zero-order valence-corrected chi connectivity index (χ0v) is 16.9. The van der Waals surface area contributed by atoms with E-state index in [4.69, 9.17) is 22.3 Å². The number of halogens is 1. The molecule has 1 fully saturated rings. The van der Waals surface area contributed by atoms with Gasteiger partial charge in [-0.25, -0.2) is 4.98 Å². The van der Waals surface area contributed by atoms with Crippen LogP contribution in [0.2, 0.25) is 5.02 Å². The highest BCUT2D eigenvalue weighted by Crippen LogP contribution is 2.32.